The van der Waals surface area contributed by atoms with Gasteiger partial charge in [0, 0.05) is 12.6 Å². The predicted molar refractivity (Wildman–Crippen MR) is 77.8 cm³/mol. The van der Waals surface area contributed by atoms with Crippen LogP contribution in [0.15, 0.2) is 18.2 Å². The van der Waals surface area contributed by atoms with Gasteiger partial charge in [-0.25, -0.2) is 0 Å². The molecule has 0 fully saturated rings. The molecule has 19 heavy (non-hydrogen) atoms. The molecule has 0 bridgehead atoms. The van der Waals surface area contributed by atoms with E-state index >= 15 is 0 Å². The van der Waals surface area contributed by atoms with Crippen LogP contribution in [0, 0.1) is 0 Å². The maximum Gasteiger partial charge on any atom is 0.119 e. The lowest BCUT2D eigenvalue weighted by molar-refractivity contribution is 0.110. The average Bonchev–Trinajstić information content (AvgIpc) is 2.44. The molecule has 1 N–H and O–H groups in total. The van der Waals surface area contributed by atoms with E-state index in [2.05, 4.69) is 30.4 Å². The van der Waals surface area contributed by atoms with Gasteiger partial charge in [-0.2, -0.15) is 0 Å². The van der Waals surface area contributed by atoms with Gasteiger partial charge in [0.05, 0.1) is 6.61 Å². The third-order valence-electron chi connectivity index (χ3n) is 3.58. The molecule has 3 heteroatoms. The molecule has 0 aromatic heterocycles. The Hall–Kier alpha value is -1.06. The molecule has 1 aromatic rings. The van der Waals surface area contributed by atoms with Crippen molar-refractivity contribution < 1.29 is 9.47 Å². The highest BCUT2D eigenvalue weighted by atomic mass is 16.5. The van der Waals surface area contributed by atoms with Gasteiger partial charge < -0.3 is 14.8 Å². The lowest BCUT2D eigenvalue weighted by atomic mass is 9.87. The summed E-state index contributed by atoms with van der Waals surface area (Å²) >= 11 is 0. The van der Waals surface area contributed by atoms with E-state index in [1.54, 1.807) is 0 Å². The summed E-state index contributed by atoms with van der Waals surface area (Å²) in [7, 11) is 0. The van der Waals surface area contributed by atoms with Crippen molar-refractivity contribution in [3.8, 4) is 5.75 Å². The van der Waals surface area contributed by atoms with Crippen molar-refractivity contribution in [1.82, 2.24) is 5.32 Å². The van der Waals surface area contributed by atoms with Gasteiger partial charge in [0.15, 0.2) is 0 Å². The van der Waals surface area contributed by atoms with Crippen LogP contribution < -0.4 is 10.1 Å². The zero-order valence-electron chi connectivity index (χ0n) is 12.1. The first-order valence-corrected chi connectivity index (χ1v) is 7.42. The van der Waals surface area contributed by atoms with Crippen LogP contribution in [0.25, 0.3) is 0 Å². The van der Waals surface area contributed by atoms with E-state index in [0.717, 1.165) is 18.9 Å². The first-order chi connectivity index (χ1) is 9.35. The summed E-state index contributed by atoms with van der Waals surface area (Å²) in [5, 5.41) is 3.56. The third-order valence-corrected chi connectivity index (χ3v) is 3.58. The number of hydrogen-bond acceptors (Lipinski definition) is 3. The third kappa shape index (κ3) is 3.95. The Morgan fingerprint density at radius 2 is 2.16 bits per heavy atom. The maximum atomic E-state index is 5.75. The first kappa shape index (κ1) is 14.4. The highest BCUT2D eigenvalue weighted by molar-refractivity contribution is 5.39. The predicted octanol–water partition coefficient (Wildman–Crippen LogP) is 3.09. The minimum Gasteiger partial charge on any atom is -0.491 e. The van der Waals surface area contributed by atoms with Crippen LogP contribution >= 0.6 is 0 Å². The first-order valence-electron chi connectivity index (χ1n) is 7.42. The molecular weight excluding hydrogens is 238 g/mol. The van der Waals surface area contributed by atoms with Gasteiger partial charge in [-0.05, 0) is 56.0 Å². The molecule has 3 nitrogen and oxygen atoms in total. The molecule has 106 valence electrons. The number of rotatable bonds is 7. The van der Waals surface area contributed by atoms with E-state index in [0.29, 0.717) is 19.3 Å². The largest absolute Gasteiger partial charge is 0.491 e. The highest BCUT2D eigenvalue weighted by Crippen LogP contribution is 2.32. The standard InChI is InChI=1S/C16H25NO2/c1-3-17-16-7-5-6-13-8-9-14(12-15(13)16)19-11-10-18-4-2/h8-9,12,16-17H,3-7,10-11H2,1-2H3. The lowest BCUT2D eigenvalue weighted by Gasteiger charge is -2.26. The summed E-state index contributed by atoms with van der Waals surface area (Å²) in [5.41, 5.74) is 2.89. The van der Waals surface area contributed by atoms with Crippen LogP contribution in [0.5, 0.6) is 5.75 Å². The fourth-order valence-corrected chi connectivity index (χ4v) is 2.69. The lowest BCUT2D eigenvalue weighted by Crippen LogP contribution is -2.24. The second kappa shape index (κ2) is 7.51. The van der Waals surface area contributed by atoms with Crippen molar-refractivity contribution in [2.24, 2.45) is 0 Å². The Balaban J connectivity index is 2.01. The number of hydrogen-bond donors (Lipinski definition) is 1. The summed E-state index contributed by atoms with van der Waals surface area (Å²) in [6, 6.07) is 6.99. The second-order valence-electron chi connectivity index (χ2n) is 4.91. The molecular formula is C16H25NO2. The highest BCUT2D eigenvalue weighted by Gasteiger charge is 2.19. The fraction of sp³-hybridized carbons (Fsp3) is 0.625. The van der Waals surface area contributed by atoms with E-state index in [1.807, 2.05) is 6.92 Å². The Bertz CT molecular complexity index is 392. The van der Waals surface area contributed by atoms with Crippen LogP contribution in [0.2, 0.25) is 0 Å². The van der Waals surface area contributed by atoms with E-state index < -0.39 is 0 Å². The van der Waals surface area contributed by atoms with Crippen molar-refractivity contribution in [3.63, 3.8) is 0 Å². The Labute approximate surface area is 116 Å². The van der Waals surface area contributed by atoms with Crippen LogP contribution in [-0.2, 0) is 11.2 Å². The zero-order chi connectivity index (χ0) is 13.5. The molecule has 1 aliphatic rings. The summed E-state index contributed by atoms with van der Waals surface area (Å²) in [6.07, 6.45) is 3.69. The van der Waals surface area contributed by atoms with Gasteiger partial charge in [-0.3, -0.25) is 0 Å². The normalized spacial score (nSPS) is 18.1. The van der Waals surface area contributed by atoms with E-state index in [4.69, 9.17) is 9.47 Å². The zero-order valence-corrected chi connectivity index (χ0v) is 12.1. The molecule has 0 amide bonds. The summed E-state index contributed by atoms with van der Waals surface area (Å²) in [6.45, 7) is 7.20. The van der Waals surface area contributed by atoms with Crippen molar-refractivity contribution in [1.29, 1.82) is 0 Å². The second-order valence-corrected chi connectivity index (χ2v) is 4.91. The number of benzene rings is 1. The summed E-state index contributed by atoms with van der Waals surface area (Å²) in [5.74, 6) is 0.961. The molecule has 0 spiro atoms. The molecule has 0 saturated carbocycles. The number of aryl methyl sites for hydroxylation is 1. The molecule has 0 saturated heterocycles. The fourth-order valence-electron chi connectivity index (χ4n) is 2.69. The average molecular weight is 263 g/mol. The molecule has 1 aromatic carbocycles. The van der Waals surface area contributed by atoms with Crippen LogP contribution in [-0.4, -0.2) is 26.4 Å². The minimum absolute atomic E-state index is 0.490. The van der Waals surface area contributed by atoms with Gasteiger partial charge in [-0.15, -0.1) is 0 Å². The van der Waals surface area contributed by atoms with E-state index in [-0.39, 0.29) is 0 Å². The minimum atomic E-state index is 0.490. The molecule has 1 unspecified atom stereocenters. The number of ether oxygens (including phenoxy) is 2. The van der Waals surface area contributed by atoms with Crippen molar-refractivity contribution in [2.75, 3.05) is 26.4 Å². The smallest absolute Gasteiger partial charge is 0.119 e. The molecule has 0 heterocycles. The quantitative estimate of drug-likeness (QED) is 0.767. The van der Waals surface area contributed by atoms with Gasteiger partial charge in [0.25, 0.3) is 0 Å². The van der Waals surface area contributed by atoms with E-state index in [9.17, 15) is 0 Å². The molecule has 1 aliphatic carbocycles. The summed E-state index contributed by atoms with van der Waals surface area (Å²) < 4.78 is 11.0. The number of nitrogens with one attached hydrogen (secondary N) is 1. The Morgan fingerprint density at radius 1 is 1.26 bits per heavy atom. The van der Waals surface area contributed by atoms with E-state index in [1.165, 1.54) is 30.4 Å². The van der Waals surface area contributed by atoms with Gasteiger partial charge in [0.2, 0.25) is 0 Å². The summed E-state index contributed by atoms with van der Waals surface area (Å²) in [4.78, 5) is 0. The van der Waals surface area contributed by atoms with Crippen molar-refractivity contribution in [3.05, 3.63) is 29.3 Å². The van der Waals surface area contributed by atoms with Crippen molar-refractivity contribution in [2.45, 2.75) is 39.2 Å². The maximum absolute atomic E-state index is 5.75. The molecule has 1 atom stereocenters. The molecule has 2 rings (SSSR count). The van der Waals surface area contributed by atoms with Gasteiger partial charge >= 0.3 is 0 Å². The Morgan fingerprint density at radius 3 is 2.95 bits per heavy atom. The van der Waals surface area contributed by atoms with Gasteiger partial charge in [-0.1, -0.05) is 13.0 Å². The van der Waals surface area contributed by atoms with Gasteiger partial charge in [0.1, 0.15) is 12.4 Å². The van der Waals surface area contributed by atoms with Crippen LogP contribution in [0.3, 0.4) is 0 Å². The SMILES string of the molecule is CCNC1CCCc2ccc(OCCOCC)cc21. The molecule has 0 aliphatic heterocycles. The Kier molecular flexibility index (Phi) is 5.67. The van der Waals surface area contributed by atoms with Crippen molar-refractivity contribution >= 4 is 0 Å². The topological polar surface area (TPSA) is 30.5 Å². The number of fused-ring (bicyclic) bond motifs is 1. The van der Waals surface area contributed by atoms with Crippen LogP contribution in [0.1, 0.15) is 43.9 Å². The molecule has 0 radical (unpaired) electrons. The monoisotopic (exact) mass is 263 g/mol. The van der Waals surface area contributed by atoms with Crippen LogP contribution in [0.4, 0.5) is 0 Å².